The summed E-state index contributed by atoms with van der Waals surface area (Å²) >= 11 is 0. The first-order chi connectivity index (χ1) is 9.18. The maximum Gasteiger partial charge on any atom is 0.254 e. The van der Waals surface area contributed by atoms with Gasteiger partial charge in [-0.2, -0.15) is 0 Å². The van der Waals surface area contributed by atoms with Crippen molar-refractivity contribution in [3.05, 3.63) is 11.8 Å². The zero-order valence-electron chi connectivity index (χ0n) is 15.3. The molecule has 0 rings (SSSR count). The number of hydrogen-bond donors (Lipinski definition) is 0. The van der Waals surface area contributed by atoms with Gasteiger partial charge in [-0.1, -0.05) is 6.08 Å². The van der Waals surface area contributed by atoms with Crippen molar-refractivity contribution in [2.45, 2.75) is 77.7 Å². The summed E-state index contributed by atoms with van der Waals surface area (Å²) in [6.07, 6.45) is 3.66. The molecule has 0 aromatic carbocycles. The zero-order chi connectivity index (χ0) is 16.9. The molecule has 0 heterocycles. The monoisotopic (exact) mass is 361 g/mol. The minimum atomic E-state index is -1.79. The minimum absolute atomic E-state index is 0.729. The first-order valence-corrected chi connectivity index (χ1v) is 18.4. The van der Waals surface area contributed by atoms with Crippen LogP contribution >= 0.6 is 0 Å². The van der Waals surface area contributed by atoms with E-state index in [1.54, 1.807) is 0 Å². The highest BCUT2D eigenvalue weighted by Crippen LogP contribution is 2.33. The predicted octanol–water partition coefficient (Wildman–Crippen LogP) is 4.66. The van der Waals surface area contributed by atoms with E-state index < -0.39 is 30.9 Å². The average molecular weight is 362 g/mol. The lowest BCUT2D eigenvalue weighted by atomic mass is 10.3. The van der Waals surface area contributed by atoms with Gasteiger partial charge in [0.1, 0.15) is 0 Å². The molecule has 123 valence electrons. The van der Waals surface area contributed by atoms with Gasteiger partial charge in [0.2, 0.25) is 0 Å². The predicted molar refractivity (Wildman–Crippen MR) is 100 cm³/mol. The van der Waals surface area contributed by atoms with Crippen LogP contribution in [0.25, 0.3) is 0 Å². The number of hydrogen-bond acceptors (Lipinski definition) is 3. The Morgan fingerprint density at radius 1 is 0.762 bits per heavy atom. The Morgan fingerprint density at radius 3 is 1.33 bits per heavy atom. The molecule has 0 N–H and O–H groups in total. The Morgan fingerprint density at radius 2 is 1.10 bits per heavy atom. The first-order valence-electron chi connectivity index (χ1n) is 7.61. The Labute approximate surface area is 138 Å². The minimum Gasteiger partial charge on any atom is -0.371 e. The van der Waals surface area contributed by atoms with Crippen LogP contribution in [0.2, 0.25) is 58.9 Å². The van der Waals surface area contributed by atoms with Gasteiger partial charge < -0.3 is 13.3 Å². The fourth-order valence-corrected chi connectivity index (χ4v) is 5.73. The Kier molecular flexibility index (Phi) is 8.03. The van der Waals surface area contributed by atoms with Crippen molar-refractivity contribution < 1.29 is 13.3 Å². The van der Waals surface area contributed by atoms with Gasteiger partial charge >= 0.3 is 0 Å². The number of allylic oxidation sites excluding steroid dienone is 1. The van der Waals surface area contributed by atoms with Gasteiger partial charge in [0, 0.05) is 6.42 Å². The number of rotatable bonds is 9. The third-order valence-corrected chi connectivity index (χ3v) is 5.13. The average Bonchev–Trinajstić information content (AvgIpc) is 2.08. The Balaban J connectivity index is 5.46. The molecule has 3 nitrogen and oxygen atoms in total. The van der Waals surface area contributed by atoms with E-state index >= 15 is 0 Å². The molecule has 0 aromatic rings. The normalized spacial score (nSPS) is 15.0. The molecule has 0 aliphatic rings. The summed E-state index contributed by atoms with van der Waals surface area (Å²) in [5.74, 6) is -0.884. The lowest BCUT2D eigenvalue weighted by Crippen LogP contribution is -2.55. The molecule has 21 heavy (non-hydrogen) atoms. The molecule has 0 atom stereocenters. The van der Waals surface area contributed by atoms with Crippen molar-refractivity contribution in [3.63, 3.8) is 0 Å². The van der Waals surface area contributed by atoms with Gasteiger partial charge in [-0.3, -0.25) is 0 Å². The molecule has 0 saturated heterocycles. The standard InChI is InChI=1S/C14H33O3Si4/c1-19(2,3)15-14(12-10-11-13-18,16-20(4,5)6)17-21(7,8)9/h11,13H,10,12H2,1-9H3. The summed E-state index contributed by atoms with van der Waals surface area (Å²) in [6, 6.07) is 0. The fraction of sp³-hybridized carbons (Fsp3) is 0.857. The van der Waals surface area contributed by atoms with E-state index in [1.807, 2.05) is 5.70 Å². The van der Waals surface area contributed by atoms with Gasteiger partial charge in [-0.15, -0.1) is 5.70 Å². The fourth-order valence-electron chi connectivity index (χ4n) is 1.96. The third kappa shape index (κ3) is 11.7. The molecule has 0 aliphatic carbocycles. The second kappa shape index (κ2) is 7.85. The molecule has 0 aliphatic heterocycles. The van der Waals surface area contributed by atoms with Crippen LogP contribution in [-0.2, 0) is 13.3 Å². The van der Waals surface area contributed by atoms with E-state index in [1.165, 1.54) is 0 Å². The van der Waals surface area contributed by atoms with Crippen LogP contribution in [0.1, 0.15) is 12.8 Å². The molecule has 0 fully saturated rings. The highest BCUT2D eigenvalue weighted by Gasteiger charge is 2.44. The van der Waals surface area contributed by atoms with Crippen LogP contribution in [0.4, 0.5) is 0 Å². The first kappa shape index (κ1) is 21.5. The molecule has 0 spiro atoms. The maximum atomic E-state index is 6.44. The quantitative estimate of drug-likeness (QED) is 0.441. The van der Waals surface area contributed by atoms with Gasteiger partial charge in [-0.25, -0.2) is 0 Å². The molecular weight excluding hydrogens is 328 g/mol. The summed E-state index contributed by atoms with van der Waals surface area (Å²) in [5.41, 5.74) is 1.88. The topological polar surface area (TPSA) is 27.7 Å². The molecular formula is C14H33O3Si4. The van der Waals surface area contributed by atoms with E-state index in [4.69, 9.17) is 13.3 Å². The van der Waals surface area contributed by atoms with Crippen molar-refractivity contribution in [1.82, 2.24) is 0 Å². The van der Waals surface area contributed by atoms with E-state index in [0.29, 0.717) is 0 Å². The SMILES string of the molecule is C[Si](C)(C)OC(CCC=C[Si])(O[Si](C)(C)C)O[Si](C)(C)C. The van der Waals surface area contributed by atoms with Crippen LogP contribution in [0.15, 0.2) is 11.8 Å². The van der Waals surface area contributed by atoms with Crippen LogP contribution in [0.3, 0.4) is 0 Å². The Hall–Kier alpha value is 0.488. The molecule has 0 amide bonds. The van der Waals surface area contributed by atoms with Crippen LogP contribution in [0.5, 0.6) is 0 Å². The summed E-state index contributed by atoms with van der Waals surface area (Å²) in [6.45, 7) is 19.7. The van der Waals surface area contributed by atoms with Crippen LogP contribution < -0.4 is 0 Å². The molecule has 7 heteroatoms. The smallest absolute Gasteiger partial charge is 0.254 e. The molecule has 0 bridgehead atoms. The second-order valence-electron chi connectivity index (χ2n) is 8.27. The molecule has 0 saturated carbocycles. The van der Waals surface area contributed by atoms with Gasteiger partial charge in [0.05, 0.1) is 10.2 Å². The largest absolute Gasteiger partial charge is 0.371 e. The van der Waals surface area contributed by atoms with Gasteiger partial charge in [0.15, 0.2) is 25.0 Å². The molecule has 0 unspecified atom stereocenters. The lowest BCUT2D eigenvalue weighted by molar-refractivity contribution is -0.273. The van der Waals surface area contributed by atoms with Crippen molar-refractivity contribution >= 4 is 35.2 Å². The lowest BCUT2D eigenvalue weighted by Gasteiger charge is -2.45. The van der Waals surface area contributed by atoms with E-state index in [9.17, 15) is 0 Å². The van der Waals surface area contributed by atoms with Crippen molar-refractivity contribution in [3.8, 4) is 0 Å². The Bertz CT molecular complexity index is 297. The second-order valence-corrected chi connectivity index (χ2v) is 21.9. The molecule has 0 aromatic heterocycles. The van der Waals surface area contributed by atoms with Crippen molar-refractivity contribution in [2.24, 2.45) is 0 Å². The van der Waals surface area contributed by atoms with Crippen LogP contribution in [0, 0.1) is 0 Å². The highest BCUT2D eigenvalue weighted by molar-refractivity contribution is 6.72. The zero-order valence-corrected chi connectivity index (χ0v) is 19.3. The van der Waals surface area contributed by atoms with Gasteiger partial charge in [-0.05, 0) is 65.3 Å². The van der Waals surface area contributed by atoms with E-state index in [-0.39, 0.29) is 0 Å². The summed E-state index contributed by atoms with van der Waals surface area (Å²) in [7, 11) is -2.01. The van der Waals surface area contributed by atoms with E-state index in [2.05, 4.69) is 75.2 Å². The molecule has 3 radical (unpaired) electrons. The highest BCUT2D eigenvalue weighted by atomic mass is 28.4. The van der Waals surface area contributed by atoms with Crippen molar-refractivity contribution in [1.29, 1.82) is 0 Å². The third-order valence-electron chi connectivity index (χ3n) is 2.12. The van der Waals surface area contributed by atoms with Crippen molar-refractivity contribution in [2.75, 3.05) is 0 Å². The summed E-state index contributed by atoms with van der Waals surface area (Å²) in [5, 5.41) is 0. The van der Waals surface area contributed by atoms with Gasteiger partial charge in [0.25, 0.3) is 5.97 Å². The van der Waals surface area contributed by atoms with Crippen LogP contribution in [-0.4, -0.2) is 41.2 Å². The maximum absolute atomic E-state index is 6.44. The summed E-state index contributed by atoms with van der Waals surface area (Å²) in [4.78, 5) is 0. The summed E-state index contributed by atoms with van der Waals surface area (Å²) < 4.78 is 19.3. The van der Waals surface area contributed by atoms with E-state index in [0.717, 1.165) is 12.8 Å².